The fraction of sp³-hybridized carbons (Fsp3) is 0.182. The molecule has 0 saturated carbocycles. The van der Waals surface area contributed by atoms with Crippen LogP contribution >= 0.6 is 0 Å². The lowest BCUT2D eigenvalue weighted by Gasteiger charge is -1.94. The van der Waals surface area contributed by atoms with Crippen LogP contribution in [0.1, 0.15) is 5.56 Å². The summed E-state index contributed by atoms with van der Waals surface area (Å²) in [5.74, 6) is -0.737. The number of hydrogen-bond acceptors (Lipinski definition) is 3. The summed E-state index contributed by atoms with van der Waals surface area (Å²) in [4.78, 5) is 4.01. The van der Waals surface area contributed by atoms with Gasteiger partial charge in [-0.2, -0.15) is 10.5 Å². The second-order valence-electron chi connectivity index (χ2n) is 2.71. The van der Waals surface area contributed by atoms with Crippen molar-refractivity contribution in [3.8, 4) is 12.1 Å². The highest BCUT2D eigenvalue weighted by Gasteiger charge is 1.98. The van der Waals surface area contributed by atoms with Crippen LogP contribution in [0.3, 0.4) is 0 Å². The summed E-state index contributed by atoms with van der Waals surface area (Å²) in [5.41, 5.74) is 1.07. The third-order valence-electron chi connectivity index (χ3n) is 1.65. The van der Waals surface area contributed by atoms with E-state index in [0.29, 0.717) is 6.54 Å². The van der Waals surface area contributed by atoms with E-state index in [2.05, 4.69) is 4.99 Å². The second kappa shape index (κ2) is 5.50. The molecular weight excluding hydrogens is 174 g/mol. The highest BCUT2D eigenvalue weighted by Crippen LogP contribution is 2.00. The van der Waals surface area contributed by atoms with Crippen LogP contribution in [0.15, 0.2) is 35.3 Å². The van der Waals surface area contributed by atoms with Crippen molar-refractivity contribution in [1.29, 1.82) is 10.5 Å². The lowest BCUT2D eigenvalue weighted by atomic mass is 10.2. The number of nitrogens with zero attached hydrogens (tertiary/aromatic N) is 3. The van der Waals surface area contributed by atoms with Gasteiger partial charge in [0.25, 0.3) is 0 Å². The average Bonchev–Trinajstić information content (AvgIpc) is 2.26. The van der Waals surface area contributed by atoms with Gasteiger partial charge in [-0.05, 0) is 5.56 Å². The van der Waals surface area contributed by atoms with Crippen LogP contribution in [0.2, 0.25) is 0 Å². The van der Waals surface area contributed by atoms with Gasteiger partial charge < -0.3 is 0 Å². The Bertz CT molecular complexity index is 367. The molecule has 0 N–H and O–H groups in total. The molecule has 1 rings (SSSR count). The van der Waals surface area contributed by atoms with Crippen molar-refractivity contribution < 1.29 is 0 Å². The van der Waals surface area contributed by atoms with Crippen molar-refractivity contribution in [1.82, 2.24) is 0 Å². The predicted molar refractivity (Wildman–Crippen MR) is 53.4 cm³/mol. The van der Waals surface area contributed by atoms with Gasteiger partial charge in [0, 0.05) is 6.21 Å². The first-order valence-corrected chi connectivity index (χ1v) is 4.20. The molecule has 3 heteroatoms. The first-order chi connectivity index (χ1) is 6.86. The van der Waals surface area contributed by atoms with E-state index in [9.17, 15) is 0 Å². The Kier molecular flexibility index (Phi) is 3.91. The van der Waals surface area contributed by atoms with E-state index in [1.165, 1.54) is 6.21 Å². The molecule has 3 nitrogen and oxygen atoms in total. The molecule has 0 heterocycles. The molecule has 0 bridgehead atoms. The molecule has 0 aliphatic rings. The third kappa shape index (κ3) is 3.08. The van der Waals surface area contributed by atoms with Gasteiger partial charge in [-0.25, -0.2) is 0 Å². The molecule has 0 fully saturated rings. The van der Waals surface area contributed by atoms with Crippen LogP contribution in [-0.4, -0.2) is 6.21 Å². The van der Waals surface area contributed by atoms with Gasteiger partial charge in [-0.15, -0.1) is 0 Å². The van der Waals surface area contributed by atoms with Crippen molar-refractivity contribution in [2.75, 3.05) is 0 Å². The van der Waals surface area contributed by atoms with Crippen molar-refractivity contribution in [2.45, 2.75) is 6.54 Å². The quantitative estimate of drug-likeness (QED) is 0.672. The summed E-state index contributed by atoms with van der Waals surface area (Å²) < 4.78 is 0. The molecule has 0 radical (unpaired) electrons. The predicted octanol–water partition coefficient (Wildman–Crippen LogP) is 1.92. The van der Waals surface area contributed by atoms with Crippen LogP contribution < -0.4 is 0 Å². The number of nitriles is 2. The smallest absolute Gasteiger partial charge is 0.167 e. The Hall–Kier alpha value is -2.13. The first kappa shape index (κ1) is 9.95. The van der Waals surface area contributed by atoms with Crippen molar-refractivity contribution in [3.05, 3.63) is 35.9 Å². The maximum Gasteiger partial charge on any atom is 0.167 e. The monoisotopic (exact) mass is 183 g/mol. The maximum absolute atomic E-state index is 8.46. The zero-order valence-electron chi connectivity index (χ0n) is 7.59. The lowest BCUT2D eigenvalue weighted by Crippen LogP contribution is -1.94. The van der Waals surface area contributed by atoms with E-state index in [1.807, 2.05) is 42.5 Å². The summed E-state index contributed by atoms with van der Waals surface area (Å²) in [6.07, 6.45) is 1.38. The molecule has 68 valence electrons. The van der Waals surface area contributed by atoms with Crippen LogP contribution in [0.4, 0.5) is 0 Å². The van der Waals surface area contributed by atoms with E-state index < -0.39 is 5.92 Å². The van der Waals surface area contributed by atoms with Gasteiger partial charge in [0.05, 0.1) is 18.7 Å². The molecule has 1 aromatic carbocycles. The Morgan fingerprint density at radius 2 is 1.86 bits per heavy atom. The van der Waals surface area contributed by atoms with Gasteiger partial charge in [0.1, 0.15) is 0 Å². The maximum atomic E-state index is 8.46. The zero-order valence-corrected chi connectivity index (χ0v) is 7.59. The summed E-state index contributed by atoms with van der Waals surface area (Å²) in [5, 5.41) is 16.9. The van der Waals surface area contributed by atoms with Crippen LogP contribution in [0.5, 0.6) is 0 Å². The van der Waals surface area contributed by atoms with Crippen molar-refractivity contribution in [2.24, 2.45) is 10.9 Å². The number of aliphatic imine (C=N–C) groups is 1. The van der Waals surface area contributed by atoms with E-state index in [-0.39, 0.29) is 0 Å². The largest absolute Gasteiger partial charge is 0.290 e. The van der Waals surface area contributed by atoms with E-state index in [0.717, 1.165) is 5.56 Å². The van der Waals surface area contributed by atoms with Crippen LogP contribution in [0, 0.1) is 28.6 Å². The SMILES string of the molecule is N#CC(C#N)C=NCc1ccccc1. The minimum absolute atomic E-state index is 0.515. The fourth-order valence-corrected chi connectivity index (χ4v) is 0.942. The van der Waals surface area contributed by atoms with Crippen LogP contribution in [-0.2, 0) is 6.54 Å². The summed E-state index contributed by atoms with van der Waals surface area (Å²) >= 11 is 0. The Morgan fingerprint density at radius 1 is 1.21 bits per heavy atom. The van der Waals surface area contributed by atoms with Gasteiger partial charge in [0.2, 0.25) is 0 Å². The molecular formula is C11H9N3. The highest BCUT2D eigenvalue weighted by molar-refractivity contribution is 5.67. The van der Waals surface area contributed by atoms with Gasteiger partial charge in [-0.1, -0.05) is 30.3 Å². The van der Waals surface area contributed by atoms with Gasteiger partial charge >= 0.3 is 0 Å². The number of rotatable bonds is 3. The lowest BCUT2D eigenvalue weighted by molar-refractivity contribution is 1.05. The molecule has 0 aromatic heterocycles. The van der Waals surface area contributed by atoms with Crippen molar-refractivity contribution >= 4 is 6.21 Å². The summed E-state index contributed by atoms with van der Waals surface area (Å²) in [6, 6.07) is 13.3. The van der Waals surface area contributed by atoms with E-state index in [4.69, 9.17) is 10.5 Å². The summed E-state index contributed by atoms with van der Waals surface area (Å²) in [7, 11) is 0. The van der Waals surface area contributed by atoms with Crippen molar-refractivity contribution in [3.63, 3.8) is 0 Å². The highest BCUT2D eigenvalue weighted by atomic mass is 14.7. The average molecular weight is 183 g/mol. The van der Waals surface area contributed by atoms with Gasteiger partial charge in [0.15, 0.2) is 5.92 Å². The second-order valence-corrected chi connectivity index (χ2v) is 2.71. The molecule has 0 aliphatic carbocycles. The fourth-order valence-electron chi connectivity index (χ4n) is 0.942. The molecule has 0 aliphatic heterocycles. The topological polar surface area (TPSA) is 59.9 Å². The number of benzene rings is 1. The summed E-state index contributed by atoms with van der Waals surface area (Å²) in [6.45, 7) is 0.515. The molecule has 0 atom stereocenters. The Balaban J connectivity index is 2.50. The third-order valence-corrected chi connectivity index (χ3v) is 1.65. The van der Waals surface area contributed by atoms with Crippen LogP contribution in [0.25, 0.3) is 0 Å². The minimum atomic E-state index is -0.737. The first-order valence-electron chi connectivity index (χ1n) is 4.20. The van der Waals surface area contributed by atoms with E-state index >= 15 is 0 Å². The van der Waals surface area contributed by atoms with E-state index in [1.54, 1.807) is 0 Å². The normalized spacial score (nSPS) is 9.93. The zero-order chi connectivity index (χ0) is 10.2. The molecule has 0 saturated heterocycles. The number of hydrogen-bond donors (Lipinski definition) is 0. The Labute approximate surface area is 82.9 Å². The molecule has 0 amide bonds. The Morgan fingerprint density at radius 3 is 2.43 bits per heavy atom. The van der Waals surface area contributed by atoms with Gasteiger partial charge in [-0.3, -0.25) is 4.99 Å². The minimum Gasteiger partial charge on any atom is -0.290 e. The molecule has 1 aromatic rings. The molecule has 0 spiro atoms. The molecule has 0 unspecified atom stereocenters. The molecule has 14 heavy (non-hydrogen) atoms. The standard InChI is InChI=1S/C11H9N3/c12-6-11(7-13)9-14-8-10-4-2-1-3-5-10/h1-5,9,11H,8H2.